The van der Waals surface area contributed by atoms with Crippen LogP contribution in [-0.2, 0) is 25.1 Å². The summed E-state index contributed by atoms with van der Waals surface area (Å²) in [5.41, 5.74) is 1.10. The number of rotatable bonds is 4. The maximum absolute atomic E-state index is 12.6. The van der Waals surface area contributed by atoms with Crippen LogP contribution >= 0.6 is 0 Å². The van der Waals surface area contributed by atoms with Crippen molar-refractivity contribution in [1.82, 2.24) is 0 Å². The van der Waals surface area contributed by atoms with E-state index in [2.05, 4.69) is 0 Å². The molecule has 4 atom stereocenters. The van der Waals surface area contributed by atoms with Gasteiger partial charge in [-0.25, -0.2) is 0 Å². The first kappa shape index (κ1) is 12.8. The molecule has 1 aromatic carbocycles. The molecule has 1 saturated carbocycles. The van der Waals surface area contributed by atoms with E-state index in [0.717, 1.165) is 5.56 Å². The quantitative estimate of drug-likeness (QED) is 0.789. The minimum atomic E-state index is -1.37. The van der Waals surface area contributed by atoms with E-state index in [4.69, 9.17) is 9.47 Å². The molecule has 4 nitrogen and oxygen atoms in total. The fraction of sp³-hybridized carbons (Fsp3) is 0.500. The van der Waals surface area contributed by atoms with Gasteiger partial charge in [-0.15, -0.1) is 0 Å². The Kier molecular flexibility index (Phi) is 2.98. The van der Waals surface area contributed by atoms with Crippen LogP contribution in [0.4, 0.5) is 0 Å². The molecule has 0 aromatic heterocycles. The van der Waals surface area contributed by atoms with Crippen molar-refractivity contribution < 1.29 is 18.5 Å². The number of ether oxygens (including phenoxy) is 2. The van der Waals surface area contributed by atoms with Crippen LogP contribution in [0.25, 0.3) is 0 Å². The van der Waals surface area contributed by atoms with E-state index in [9.17, 15) is 9.00 Å². The Hall–Kier alpha value is -1.20. The summed E-state index contributed by atoms with van der Waals surface area (Å²) in [7, 11) is -1.37. The Labute approximate surface area is 114 Å². The van der Waals surface area contributed by atoms with E-state index >= 15 is 0 Å². The highest BCUT2D eigenvalue weighted by molar-refractivity contribution is 7.87. The number of hydrogen-bond acceptors (Lipinski definition) is 4. The number of carbonyl (C=O) groups excluding carboxylic acids is 1. The highest BCUT2D eigenvalue weighted by Crippen LogP contribution is 2.58. The third-order valence-electron chi connectivity index (χ3n) is 3.76. The molecule has 19 heavy (non-hydrogen) atoms. The third kappa shape index (κ3) is 1.83. The van der Waals surface area contributed by atoms with E-state index in [1.54, 1.807) is 0 Å². The van der Waals surface area contributed by atoms with Gasteiger partial charge in [-0.2, -0.15) is 0 Å². The molecule has 1 saturated heterocycles. The highest BCUT2D eigenvalue weighted by Gasteiger charge is 2.75. The lowest BCUT2D eigenvalue weighted by atomic mass is 10.2. The van der Waals surface area contributed by atoms with Crippen LogP contribution in [0.2, 0.25) is 0 Å². The van der Waals surface area contributed by atoms with Crippen LogP contribution in [0.15, 0.2) is 29.2 Å². The lowest BCUT2D eigenvalue weighted by molar-refractivity contribution is -0.169. The molecule has 1 aliphatic carbocycles. The smallest absolute Gasteiger partial charge is 0.328 e. The molecular weight excluding hydrogens is 264 g/mol. The average molecular weight is 280 g/mol. The molecule has 0 radical (unpaired) electrons. The van der Waals surface area contributed by atoms with Gasteiger partial charge in [-0.3, -0.25) is 9.00 Å². The third-order valence-corrected chi connectivity index (χ3v) is 5.75. The van der Waals surface area contributed by atoms with Crippen LogP contribution in [0.3, 0.4) is 0 Å². The minimum Gasteiger partial charge on any atom is -0.434 e. The predicted octanol–water partition coefficient (Wildman–Crippen LogP) is 1.78. The summed E-state index contributed by atoms with van der Waals surface area (Å²) < 4.78 is 22.3. The molecule has 5 heteroatoms. The second-order valence-corrected chi connectivity index (χ2v) is 6.75. The van der Waals surface area contributed by atoms with E-state index in [1.165, 1.54) is 0 Å². The van der Waals surface area contributed by atoms with Gasteiger partial charge >= 0.3 is 5.97 Å². The Bertz CT molecular complexity index is 539. The van der Waals surface area contributed by atoms with Gasteiger partial charge in [0.1, 0.15) is 0 Å². The second kappa shape index (κ2) is 4.42. The molecule has 0 N–H and O–H groups in total. The zero-order valence-corrected chi connectivity index (χ0v) is 11.7. The number of hydrogen-bond donors (Lipinski definition) is 0. The van der Waals surface area contributed by atoms with Gasteiger partial charge in [0.25, 0.3) is 0 Å². The van der Waals surface area contributed by atoms with Crippen molar-refractivity contribution in [3.05, 3.63) is 29.8 Å². The standard InChI is InChI=1S/C14H16O4S/c1-3-17-12-11-8-14(11,13(15)18-12)19(16)10-6-4-9(2)5-7-10/h4-7,11-12H,3,8H2,1-2H3/t11-,12+,14+,19?/m1/s1. The first-order valence-electron chi connectivity index (χ1n) is 6.41. The van der Waals surface area contributed by atoms with Crippen molar-refractivity contribution in [2.75, 3.05) is 6.61 Å². The molecule has 3 rings (SSSR count). The van der Waals surface area contributed by atoms with Crippen LogP contribution in [0.1, 0.15) is 18.9 Å². The van der Waals surface area contributed by atoms with Gasteiger partial charge in [0, 0.05) is 11.5 Å². The summed E-state index contributed by atoms with van der Waals surface area (Å²) in [5, 5.41) is 0. The first-order valence-corrected chi connectivity index (χ1v) is 7.56. The van der Waals surface area contributed by atoms with Gasteiger partial charge in [0.2, 0.25) is 6.29 Å². The Morgan fingerprint density at radius 2 is 2.11 bits per heavy atom. The topological polar surface area (TPSA) is 52.6 Å². The van der Waals surface area contributed by atoms with Crippen LogP contribution in [0.5, 0.6) is 0 Å². The van der Waals surface area contributed by atoms with Gasteiger partial charge in [-0.1, -0.05) is 17.7 Å². The van der Waals surface area contributed by atoms with Crippen LogP contribution in [0, 0.1) is 12.8 Å². The molecule has 1 aliphatic heterocycles. The summed E-state index contributed by atoms with van der Waals surface area (Å²) in [6.45, 7) is 4.31. The van der Waals surface area contributed by atoms with E-state index in [0.29, 0.717) is 17.9 Å². The van der Waals surface area contributed by atoms with Crippen molar-refractivity contribution in [2.24, 2.45) is 5.92 Å². The fourth-order valence-corrected chi connectivity index (χ4v) is 4.30. The van der Waals surface area contributed by atoms with Crippen LogP contribution < -0.4 is 0 Å². The lowest BCUT2D eigenvalue weighted by Crippen LogP contribution is -2.27. The maximum Gasteiger partial charge on any atom is 0.328 e. The molecule has 0 spiro atoms. The highest BCUT2D eigenvalue weighted by atomic mass is 32.2. The summed E-state index contributed by atoms with van der Waals surface area (Å²) in [5.74, 6) is -0.447. The number of benzene rings is 1. The monoisotopic (exact) mass is 280 g/mol. The Balaban J connectivity index is 1.85. The van der Waals surface area contributed by atoms with Gasteiger partial charge < -0.3 is 9.47 Å². The Morgan fingerprint density at radius 3 is 2.68 bits per heavy atom. The van der Waals surface area contributed by atoms with E-state index < -0.39 is 21.8 Å². The zero-order valence-electron chi connectivity index (χ0n) is 10.9. The summed E-state index contributed by atoms with van der Waals surface area (Å²) in [4.78, 5) is 12.7. The molecule has 1 aromatic rings. The normalized spacial score (nSPS) is 33.7. The fourth-order valence-electron chi connectivity index (χ4n) is 2.58. The largest absolute Gasteiger partial charge is 0.434 e. The van der Waals surface area contributed by atoms with Crippen LogP contribution in [-0.4, -0.2) is 27.8 Å². The number of aryl methyl sites for hydroxylation is 1. The van der Waals surface area contributed by atoms with Crippen molar-refractivity contribution in [1.29, 1.82) is 0 Å². The molecule has 2 fully saturated rings. The van der Waals surface area contributed by atoms with Crippen molar-refractivity contribution in [3.63, 3.8) is 0 Å². The van der Waals surface area contributed by atoms with Gasteiger partial charge in [0.15, 0.2) is 4.75 Å². The minimum absolute atomic E-state index is 0.0675. The number of fused-ring (bicyclic) bond motifs is 1. The molecule has 1 heterocycles. The van der Waals surface area contributed by atoms with E-state index in [1.807, 2.05) is 38.1 Å². The van der Waals surface area contributed by atoms with Gasteiger partial charge in [0.05, 0.1) is 16.7 Å². The summed E-state index contributed by atoms with van der Waals surface area (Å²) in [6, 6.07) is 7.44. The number of cyclic esters (lactones) is 1. The van der Waals surface area contributed by atoms with E-state index in [-0.39, 0.29) is 11.9 Å². The van der Waals surface area contributed by atoms with Crippen molar-refractivity contribution in [3.8, 4) is 0 Å². The summed E-state index contributed by atoms with van der Waals surface area (Å²) >= 11 is 0. The molecular formula is C14H16O4S. The second-order valence-electron chi connectivity index (χ2n) is 5.01. The Morgan fingerprint density at radius 1 is 1.42 bits per heavy atom. The predicted molar refractivity (Wildman–Crippen MR) is 69.9 cm³/mol. The lowest BCUT2D eigenvalue weighted by Gasteiger charge is -2.11. The molecule has 0 amide bonds. The first-order chi connectivity index (χ1) is 9.09. The van der Waals surface area contributed by atoms with Crippen molar-refractivity contribution >= 4 is 16.8 Å². The molecule has 1 unspecified atom stereocenters. The molecule has 2 aliphatic rings. The average Bonchev–Trinajstić information content (AvgIpc) is 3.09. The maximum atomic E-state index is 12.6. The van der Waals surface area contributed by atoms with Crippen molar-refractivity contribution in [2.45, 2.75) is 36.2 Å². The molecule has 102 valence electrons. The molecule has 0 bridgehead atoms. The summed E-state index contributed by atoms with van der Waals surface area (Å²) in [6.07, 6.45) is 0.0728. The number of carbonyl (C=O) groups is 1. The number of esters is 1. The SMILES string of the molecule is CCO[C@H]1OC(=O)[C@]2(S(=O)c3ccc(C)cc3)C[C@H]12. The van der Waals surface area contributed by atoms with Gasteiger partial charge in [-0.05, 0) is 32.4 Å². The zero-order chi connectivity index (χ0) is 13.6.